The van der Waals surface area contributed by atoms with E-state index in [1.807, 2.05) is 38.1 Å². The molecule has 2 atom stereocenters. The number of nitrogens with one attached hydrogen (secondary N) is 4. The average Bonchev–Trinajstić information content (AvgIpc) is 1.47. The van der Waals surface area contributed by atoms with Gasteiger partial charge in [-0.05, 0) is 94.3 Å². The summed E-state index contributed by atoms with van der Waals surface area (Å²) in [4.78, 5) is 119. The Hall–Kier alpha value is -8.64. The highest BCUT2D eigenvalue weighted by Crippen LogP contribution is 2.42. The van der Waals surface area contributed by atoms with E-state index in [0.717, 1.165) is 22.8 Å². The van der Waals surface area contributed by atoms with Gasteiger partial charge in [-0.15, -0.1) is 0 Å². The minimum Gasteiger partial charge on any atom is -0.457 e. The molecule has 0 unspecified atom stereocenters. The molecule has 0 saturated heterocycles. The zero-order chi connectivity index (χ0) is 62.0. The molecule has 25 nitrogen and oxygen atoms in total. The number of carbonyl (C=O) groups is 7. The van der Waals surface area contributed by atoms with E-state index < -0.39 is 70.1 Å². The number of hydrogen-bond acceptors (Lipinski definition) is 19. The summed E-state index contributed by atoms with van der Waals surface area (Å²) < 4.78 is 52.2. The smallest absolute Gasteiger partial charge is 0.457 e. The molecule has 0 bridgehead atoms. The van der Waals surface area contributed by atoms with Crippen LogP contribution in [-0.4, -0.2) is 145 Å². The molecule has 5 aromatic rings. The molecule has 0 saturated carbocycles. The van der Waals surface area contributed by atoms with Gasteiger partial charge in [0, 0.05) is 86.3 Å². The number of amides is 5. The number of unbranched alkanes of at least 4 members (excludes halogenated alkanes) is 2. The molecule has 0 spiro atoms. The molecular formula is C60H72N10O15S. The van der Waals surface area contributed by atoms with Crippen LogP contribution in [0, 0.1) is 11.8 Å². The van der Waals surface area contributed by atoms with Crippen molar-refractivity contribution >= 4 is 68.1 Å². The molecule has 5 amide bonds. The Morgan fingerprint density at radius 2 is 1.62 bits per heavy atom. The largest absolute Gasteiger partial charge is 0.510 e. The minimum absolute atomic E-state index is 0.0249. The molecule has 6 N–H and O–H groups in total. The van der Waals surface area contributed by atoms with Gasteiger partial charge < -0.3 is 60.2 Å². The number of nitrogens with two attached hydrogens (primary N) is 1. The Labute approximate surface area is 497 Å². The van der Waals surface area contributed by atoms with Crippen LogP contribution in [0.1, 0.15) is 106 Å². The van der Waals surface area contributed by atoms with Gasteiger partial charge >= 0.3 is 12.1 Å². The number of benzene rings is 2. The van der Waals surface area contributed by atoms with Crippen molar-refractivity contribution in [3.8, 4) is 23.2 Å². The van der Waals surface area contributed by atoms with Gasteiger partial charge in [0.15, 0.2) is 0 Å². The molecule has 2 aliphatic rings. The second kappa shape index (κ2) is 30.4. The van der Waals surface area contributed by atoms with Crippen LogP contribution in [-0.2, 0) is 94.1 Å². The number of cyclic esters (lactones) is 1. The number of nitrogens with zero attached hydrogens (tertiary/aromatic N) is 5. The molecule has 7 rings (SSSR count). The number of sulfone groups is 1. The first-order valence-corrected chi connectivity index (χ1v) is 30.2. The summed E-state index contributed by atoms with van der Waals surface area (Å²) >= 11 is 0. The average molecular weight is 1210 g/mol. The second-order valence-electron chi connectivity index (χ2n) is 20.8. The lowest BCUT2D eigenvalue weighted by Gasteiger charge is -2.35. The standard InChI is InChI=1S/C60H72N10O15S/c1-6-60(47-30-50-54-45(33-70(50)56(76)46(47)35-83-57(60)77)43(23-27-69(38(2)3)39(4)71)44-15-10-11-16-48(44)68-54)85-59(78)84-34-40-19-21-42(22-20-40)66-55(75)49(17-12-13-24-61)67-53(74)37-82-36-52(73)63-26-29-81-28-25-62-51(72)18-9-7-8-14-41-31-64-58(65-32-41)86(5,79)80/h10-11,15-16,19-22,30-32,38,49H,6-7,9,12-13,17-18,23-29,33-37,61H2,1-5H3,(H,62,72)(H,63,73)(H,66,75)(H,67,74)/t49-,60-/m0/s1. The third-order valence-corrected chi connectivity index (χ3v) is 15.1. The normalized spacial score (nSPS) is 14.3. The lowest BCUT2D eigenvalue weighted by atomic mass is 9.85. The lowest BCUT2D eigenvalue weighted by molar-refractivity contribution is -0.175. The van der Waals surface area contributed by atoms with Crippen LogP contribution in [0.25, 0.3) is 22.3 Å². The van der Waals surface area contributed by atoms with Crippen molar-refractivity contribution in [3.63, 3.8) is 0 Å². The van der Waals surface area contributed by atoms with Crippen molar-refractivity contribution in [2.45, 2.75) is 122 Å². The number of fused-ring (bicyclic) bond motifs is 5. The SMILES string of the molecule is CC[C@@]1(OC(=O)OCc2ccc(NC(=O)[C@H](CCCCN)NC(=O)COCC(=O)NCCOCCNC(=O)CCCC#Cc3cnc(S(C)(=O)=O)nc3)cc2)C(=O)OCc2c1cc1n(c2=O)Cc2c-1nc1ccccc1c2CCN(C(C)=O)C(C)C. The van der Waals surface area contributed by atoms with Crippen molar-refractivity contribution < 1.29 is 65.7 Å². The van der Waals surface area contributed by atoms with E-state index in [1.165, 1.54) is 19.3 Å². The van der Waals surface area contributed by atoms with Crippen LogP contribution in [0.4, 0.5) is 10.5 Å². The Balaban J connectivity index is 0.841. The Morgan fingerprint density at radius 1 is 0.907 bits per heavy atom. The van der Waals surface area contributed by atoms with Crippen LogP contribution in [0.2, 0.25) is 0 Å². The zero-order valence-electron chi connectivity index (χ0n) is 48.8. The van der Waals surface area contributed by atoms with Crippen LogP contribution < -0.4 is 32.6 Å². The Bertz CT molecular complexity index is 3550. The predicted octanol–water partition coefficient (Wildman–Crippen LogP) is 3.47. The summed E-state index contributed by atoms with van der Waals surface area (Å²) in [6.07, 6.45) is 5.42. The van der Waals surface area contributed by atoms with E-state index in [0.29, 0.717) is 78.9 Å². The van der Waals surface area contributed by atoms with E-state index in [4.69, 9.17) is 34.4 Å². The fourth-order valence-corrected chi connectivity index (χ4v) is 10.4. The highest BCUT2D eigenvalue weighted by molar-refractivity contribution is 7.90. The van der Waals surface area contributed by atoms with E-state index >= 15 is 0 Å². The number of anilines is 1. The van der Waals surface area contributed by atoms with E-state index in [-0.39, 0.29) is 99.5 Å². The van der Waals surface area contributed by atoms with Crippen molar-refractivity contribution in [2.24, 2.45) is 5.73 Å². The van der Waals surface area contributed by atoms with Gasteiger partial charge in [-0.25, -0.2) is 33.0 Å². The number of hydrogen-bond donors (Lipinski definition) is 5. The molecule has 458 valence electrons. The Morgan fingerprint density at radius 3 is 2.30 bits per heavy atom. The van der Waals surface area contributed by atoms with E-state index in [9.17, 15) is 46.8 Å². The quantitative estimate of drug-likeness (QED) is 0.0194. The number of ether oxygens (including phenoxy) is 5. The van der Waals surface area contributed by atoms with Crippen molar-refractivity contribution in [1.82, 2.24) is 40.4 Å². The number of esters is 1. The first kappa shape index (κ1) is 64.9. The molecule has 3 aromatic heterocycles. The molecule has 2 aliphatic heterocycles. The monoisotopic (exact) mass is 1200 g/mol. The molecule has 2 aromatic carbocycles. The summed E-state index contributed by atoms with van der Waals surface area (Å²) in [5.41, 5.74) is 8.33. The van der Waals surface area contributed by atoms with Gasteiger partial charge in [-0.1, -0.05) is 49.1 Å². The van der Waals surface area contributed by atoms with Gasteiger partial charge in [0.05, 0.1) is 47.8 Å². The van der Waals surface area contributed by atoms with E-state index in [2.05, 4.69) is 43.1 Å². The molecule has 5 heterocycles. The van der Waals surface area contributed by atoms with Crippen LogP contribution in [0.3, 0.4) is 0 Å². The van der Waals surface area contributed by atoms with Gasteiger partial charge in [-0.3, -0.25) is 28.8 Å². The molecule has 0 aliphatic carbocycles. The van der Waals surface area contributed by atoms with Crippen molar-refractivity contribution in [2.75, 3.05) is 64.2 Å². The maximum absolute atomic E-state index is 14.4. The predicted molar refractivity (Wildman–Crippen MR) is 313 cm³/mol. The summed E-state index contributed by atoms with van der Waals surface area (Å²) in [5.74, 6) is 2.96. The molecule has 26 heteroatoms. The topological polar surface area (TPSA) is 338 Å². The minimum atomic E-state index is -3.50. The number of rotatable bonds is 29. The summed E-state index contributed by atoms with van der Waals surface area (Å²) in [5, 5.41) is 11.4. The fraction of sp³-hybridized carbons (Fsp3) is 0.450. The number of aromatic nitrogens is 4. The lowest BCUT2D eigenvalue weighted by Crippen LogP contribution is -2.47. The van der Waals surface area contributed by atoms with Crippen LogP contribution >= 0.6 is 0 Å². The summed E-state index contributed by atoms with van der Waals surface area (Å²) in [6, 6.07) is 14.6. The first-order valence-electron chi connectivity index (χ1n) is 28.3. The molecular weight excluding hydrogens is 1130 g/mol. The third-order valence-electron chi connectivity index (χ3n) is 14.2. The Kier molecular flexibility index (Phi) is 23.0. The number of carbonyl (C=O) groups excluding carboxylic acids is 7. The van der Waals surface area contributed by atoms with Gasteiger partial charge in [-0.2, -0.15) is 0 Å². The van der Waals surface area contributed by atoms with Crippen LogP contribution in [0.5, 0.6) is 0 Å². The van der Waals surface area contributed by atoms with Crippen LogP contribution in [0.15, 0.2) is 76.9 Å². The molecule has 86 heavy (non-hydrogen) atoms. The highest BCUT2D eigenvalue weighted by Gasteiger charge is 2.51. The maximum atomic E-state index is 14.4. The molecule has 0 fully saturated rings. The van der Waals surface area contributed by atoms with Gasteiger partial charge in [0.25, 0.3) is 5.56 Å². The van der Waals surface area contributed by atoms with Gasteiger partial charge in [0.1, 0.15) is 32.5 Å². The fourth-order valence-electron chi connectivity index (χ4n) is 9.87. The molecule has 0 radical (unpaired) electrons. The summed E-state index contributed by atoms with van der Waals surface area (Å²) in [7, 11) is -3.50. The zero-order valence-corrected chi connectivity index (χ0v) is 49.6. The van der Waals surface area contributed by atoms with E-state index in [1.54, 1.807) is 46.7 Å². The first-order chi connectivity index (χ1) is 41.2. The van der Waals surface area contributed by atoms with Gasteiger partial charge in [0.2, 0.25) is 50.1 Å². The number of para-hydroxylation sites is 1. The third kappa shape index (κ3) is 17.0. The maximum Gasteiger partial charge on any atom is 0.510 e. The summed E-state index contributed by atoms with van der Waals surface area (Å²) in [6.45, 7) is 7.27. The van der Waals surface area contributed by atoms with Crippen molar-refractivity contribution in [3.05, 3.63) is 111 Å². The van der Waals surface area contributed by atoms with Crippen molar-refractivity contribution in [1.29, 1.82) is 0 Å². The number of pyridine rings is 2. The second-order valence-corrected chi connectivity index (χ2v) is 22.7. The highest BCUT2D eigenvalue weighted by atomic mass is 32.2.